The maximum Gasteiger partial charge on any atom is 0.257 e. The number of anilines is 1. The first-order chi connectivity index (χ1) is 14.1. The molecule has 0 bridgehead atoms. The van der Waals surface area contributed by atoms with Crippen molar-refractivity contribution in [2.45, 2.75) is 13.3 Å². The summed E-state index contributed by atoms with van der Waals surface area (Å²) in [5.74, 6) is 1.13. The molecule has 4 rings (SSSR count). The number of hydrogen-bond donors (Lipinski definition) is 1. The number of aromatic nitrogens is 1. The molecule has 0 saturated carbocycles. The summed E-state index contributed by atoms with van der Waals surface area (Å²) in [7, 11) is 1.60. The summed E-state index contributed by atoms with van der Waals surface area (Å²) in [6, 6.07) is 13.8. The van der Waals surface area contributed by atoms with Gasteiger partial charge in [0.05, 0.1) is 13.4 Å². The molecule has 0 unspecified atom stereocenters. The lowest BCUT2D eigenvalue weighted by atomic mass is 10.1. The number of carbonyl (C=O) groups is 1. The molecule has 6 heteroatoms. The van der Waals surface area contributed by atoms with E-state index in [0.717, 1.165) is 16.9 Å². The molecule has 0 spiro atoms. The number of ether oxygens (including phenoxy) is 2. The fourth-order valence-electron chi connectivity index (χ4n) is 3.05. The van der Waals surface area contributed by atoms with Crippen molar-refractivity contribution in [3.8, 4) is 11.5 Å². The molecular weight excluding hydrogens is 384 g/mol. The minimum atomic E-state index is -0.239. The lowest BCUT2D eigenvalue weighted by molar-refractivity contribution is -0.112. The lowest BCUT2D eigenvalue weighted by Crippen LogP contribution is -2.12. The summed E-state index contributed by atoms with van der Waals surface area (Å²) in [5, 5.41) is 3.45. The van der Waals surface area contributed by atoms with Crippen LogP contribution in [0.15, 0.2) is 66.6 Å². The van der Waals surface area contributed by atoms with Crippen LogP contribution in [0.5, 0.6) is 11.5 Å². The Morgan fingerprint density at radius 1 is 1.24 bits per heavy atom. The van der Waals surface area contributed by atoms with Gasteiger partial charge < -0.3 is 9.47 Å². The number of aryl methyl sites for hydroxylation is 1. The second-order valence-electron chi connectivity index (χ2n) is 6.68. The molecule has 0 saturated heterocycles. The predicted octanol–water partition coefficient (Wildman–Crippen LogP) is 4.98. The van der Waals surface area contributed by atoms with Gasteiger partial charge in [-0.25, -0.2) is 4.98 Å². The van der Waals surface area contributed by atoms with Crippen LogP contribution in [0.1, 0.15) is 21.6 Å². The van der Waals surface area contributed by atoms with Gasteiger partial charge in [-0.3, -0.25) is 10.1 Å². The van der Waals surface area contributed by atoms with E-state index in [2.05, 4.69) is 35.4 Å². The maximum atomic E-state index is 12.7. The van der Waals surface area contributed by atoms with Crippen molar-refractivity contribution in [2.75, 3.05) is 12.4 Å². The third kappa shape index (κ3) is 4.55. The van der Waals surface area contributed by atoms with Crippen LogP contribution in [-0.4, -0.2) is 18.0 Å². The highest BCUT2D eigenvalue weighted by molar-refractivity contribution is 7.15. The predicted molar refractivity (Wildman–Crippen MR) is 115 cm³/mol. The number of nitrogens with one attached hydrogen (secondary N) is 1. The molecular formula is C23H20N2O3S. The van der Waals surface area contributed by atoms with Crippen LogP contribution < -0.4 is 14.8 Å². The summed E-state index contributed by atoms with van der Waals surface area (Å²) < 4.78 is 10.8. The molecule has 5 nitrogen and oxygen atoms in total. The Labute approximate surface area is 173 Å². The van der Waals surface area contributed by atoms with Crippen LogP contribution in [0.3, 0.4) is 0 Å². The van der Waals surface area contributed by atoms with Crippen molar-refractivity contribution in [3.05, 3.63) is 88.1 Å². The average molecular weight is 404 g/mol. The zero-order valence-corrected chi connectivity index (χ0v) is 17.0. The van der Waals surface area contributed by atoms with Crippen molar-refractivity contribution in [2.24, 2.45) is 0 Å². The number of amides is 1. The average Bonchev–Trinajstić information content (AvgIpc) is 3.02. The van der Waals surface area contributed by atoms with Gasteiger partial charge in [-0.2, -0.15) is 0 Å². The van der Waals surface area contributed by atoms with Crippen molar-refractivity contribution >= 4 is 28.5 Å². The van der Waals surface area contributed by atoms with E-state index in [0.29, 0.717) is 22.2 Å². The Morgan fingerprint density at radius 3 is 2.97 bits per heavy atom. The first-order valence-electron chi connectivity index (χ1n) is 9.15. The van der Waals surface area contributed by atoms with Gasteiger partial charge in [0.15, 0.2) is 5.13 Å². The maximum absolute atomic E-state index is 12.7. The highest BCUT2D eigenvalue weighted by Crippen LogP contribution is 2.29. The zero-order chi connectivity index (χ0) is 20.2. The normalized spacial score (nSPS) is 12.4. The van der Waals surface area contributed by atoms with Gasteiger partial charge in [-0.05, 0) is 42.8 Å². The summed E-state index contributed by atoms with van der Waals surface area (Å²) in [6.07, 6.45) is 7.53. The van der Waals surface area contributed by atoms with E-state index in [9.17, 15) is 4.79 Å². The molecule has 1 amide bonds. The Bertz CT molecular complexity index is 1110. The van der Waals surface area contributed by atoms with E-state index >= 15 is 0 Å². The van der Waals surface area contributed by atoms with Crippen LogP contribution >= 0.6 is 11.3 Å². The molecule has 0 radical (unpaired) electrons. The van der Waals surface area contributed by atoms with E-state index in [-0.39, 0.29) is 5.91 Å². The van der Waals surface area contributed by atoms with E-state index < -0.39 is 0 Å². The smallest absolute Gasteiger partial charge is 0.257 e. The van der Waals surface area contributed by atoms with Gasteiger partial charge in [-0.1, -0.05) is 29.8 Å². The number of methoxy groups -OCH3 is 1. The number of carbonyl (C=O) groups excluding carboxylic acids is 1. The Morgan fingerprint density at radius 2 is 2.14 bits per heavy atom. The summed E-state index contributed by atoms with van der Waals surface area (Å²) in [5.41, 5.74) is 3.71. The second kappa shape index (κ2) is 8.32. The largest absolute Gasteiger partial charge is 0.497 e. The van der Waals surface area contributed by atoms with E-state index in [1.54, 1.807) is 19.3 Å². The highest BCUT2D eigenvalue weighted by atomic mass is 32.1. The molecule has 146 valence electrons. The van der Waals surface area contributed by atoms with Crippen LogP contribution in [0, 0.1) is 6.92 Å². The highest BCUT2D eigenvalue weighted by Gasteiger charge is 2.14. The molecule has 1 aliphatic heterocycles. The van der Waals surface area contributed by atoms with E-state index in [1.807, 2.05) is 30.5 Å². The molecule has 2 heterocycles. The SMILES string of the molecule is COc1ccc2c(c1)C=C(C(=O)Nc1ncc(Cc3cccc(C)c3)s1)C=CO2. The Hall–Kier alpha value is -3.38. The molecule has 1 N–H and O–H groups in total. The van der Waals surface area contributed by atoms with Gasteiger partial charge in [-0.15, -0.1) is 11.3 Å². The van der Waals surface area contributed by atoms with E-state index in [1.165, 1.54) is 28.7 Å². The van der Waals surface area contributed by atoms with Crippen LogP contribution in [-0.2, 0) is 11.2 Å². The summed E-state index contributed by atoms with van der Waals surface area (Å²) in [4.78, 5) is 18.2. The number of rotatable bonds is 5. The number of thiazole rings is 1. The quantitative estimate of drug-likeness (QED) is 0.652. The number of fused-ring (bicyclic) bond motifs is 1. The van der Waals surface area contributed by atoms with E-state index in [4.69, 9.17) is 9.47 Å². The standard InChI is InChI=1S/C23H20N2O3S/c1-15-4-3-5-16(10-15)11-20-14-24-23(29-20)25-22(26)17-8-9-28-21-7-6-19(27-2)13-18(21)12-17/h3-10,12-14H,11H2,1-2H3,(H,24,25,26). The molecule has 0 atom stereocenters. The van der Waals surface area contributed by atoms with Crippen LogP contribution in [0.2, 0.25) is 0 Å². The second-order valence-corrected chi connectivity index (χ2v) is 7.79. The molecule has 2 aromatic carbocycles. The molecule has 1 aliphatic rings. The van der Waals surface area contributed by atoms with Gasteiger partial charge in [0.1, 0.15) is 11.5 Å². The number of nitrogens with zero attached hydrogens (tertiary/aromatic N) is 1. The fourth-order valence-corrected chi connectivity index (χ4v) is 3.89. The summed E-state index contributed by atoms with van der Waals surface area (Å²) >= 11 is 1.48. The topological polar surface area (TPSA) is 60.5 Å². The molecule has 0 fully saturated rings. The van der Waals surface area contributed by atoms with Crippen LogP contribution in [0.25, 0.3) is 6.08 Å². The third-order valence-corrected chi connectivity index (χ3v) is 5.38. The molecule has 1 aromatic heterocycles. The molecule has 0 aliphatic carbocycles. The Balaban J connectivity index is 1.49. The van der Waals surface area contributed by atoms with Crippen molar-refractivity contribution < 1.29 is 14.3 Å². The lowest BCUT2D eigenvalue weighted by Gasteiger charge is -2.06. The van der Waals surface area contributed by atoms with Gasteiger partial charge in [0.2, 0.25) is 0 Å². The van der Waals surface area contributed by atoms with Gasteiger partial charge in [0, 0.05) is 28.6 Å². The van der Waals surface area contributed by atoms with Crippen LogP contribution in [0.4, 0.5) is 5.13 Å². The van der Waals surface area contributed by atoms with Crippen molar-refractivity contribution in [1.29, 1.82) is 0 Å². The number of hydrogen-bond acceptors (Lipinski definition) is 5. The zero-order valence-electron chi connectivity index (χ0n) is 16.1. The van der Waals surface area contributed by atoms with Crippen molar-refractivity contribution in [3.63, 3.8) is 0 Å². The summed E-state index contributed by atoms with van der Waals surface area (Å²) in [6.45, 7) is 2.08. The van der Waals surface area contributed by atoms with Gasteiger partial charge in [0.25, 0.3) is 5.91 Å². The molecule has 3 aromatic rings. The fraction of sp³-hybridized carbons (Fsp3) is 0.130. The third-order valence-electron chi connectivity index (χ3n) is 4.47. The molecule has 29 heavy (non-hydrogen) atoms. The first-order valence-corrected chi connectivity index (χ1v) is 9.97. The minimum Gasteiger partial charge on any atom is -0.497 e. The Kier molecular flexibility index (Phi) is 5.44. The van der Waals surface area contributed by atoms with Gasteiger partial charge >= 0.3 is 0 Å². The van der Waals surface area contributed by atoms with Crippen molar-refractivity contribution in [1.82, 2.24) is 4.98 Å². The monoisotopic (exact) mass is 404 g/mol. The number of benzene rings is 2. The first kappa shape index (κ1) is 19.0. The minimum absolute atomic E-state index is 0.239.